The maximum Gasteiger partial charge on any atom is 0.264 e. The van der Waals surface area contributed by atoms with Crippen LogP contribution in [0.2, 0.25) is 0 Å². The number of benzene rings is 2. The van der Waals surface area contributed by atoms with E-state index in [9.17, 15) is 43.2 Å². The quantitative estimate of drug-likeness (QED) is 0.0122. The van der Waals surface area contributed by atoms with Crippen LogP contribution in [0, 0.1) is 0 Å². The topological polar surface area (TPSA) is 371 Å². The molecule has 0 aliphatic heterocycles. The molecule has 4 aromatic rings. The van der Waals surface area contributed by atoms with Crippen molar-refractivity contribution in [3.63, 3.8) is 0 Å². The lowest BCUT2D eigenvalue weighted by atomic mass is 10.0. The van der Waals surface area contributed by atoms with E-state index in [4.69, 9.17) is 11.5 Å². The zero-order valence-corrected chi connectivity index (χ0v) is 53.1. The van der Waals surface area contributed by atoms with E-state index in [0.717, 1.165) is 54.8 Å². The molecular formula is C66H101N15O9. The first-order valence-electron chi connectivity index (χ1n) is 32.4. The molecule has 24 nitrogen and oxygen atoms in total. The van der Waals surface area contributed by atoms with Crippen molar-refractivity contribution in [2.45, 2.75) is 211 Å². The third-order valence-corrected chi connectivity index (χ3v) is 15.3. The molecule has 0 saturated carbocycles. The lowest BCUT2D eigenvalue weighted by Crippen LogP contribution is -2.60. The predicted molar refractivity (Wildman–Crippen MR) is 350 cm³/mol. The molecule has 2 aromatic carbocycles. The molecule has 9 amide bonds. The van der Waals surface area contributed by atoms with Gasteiger partial charge >= 0.3 is 0 Å². The third-order valence-electron chi connectivity index (χ3n) is 15.3. The van der Waals surface area contributed by atoms with Crippen molar-refractivity contribution in [3.05, 3.63) is 102 Å². The number of primary amides is 1. The number of unbranched alkanes of at least 4 members (excludes halogenated alkanes) is 13. The van der Waals surface area contributed by atoms with Crippen LogP contribution in [-0.2, 0) is 62.4 Å². The highest BCUT2D eigenvalue weighted by Crippen LogP contribution is 2.20. The van der Waals surface area contributed by atoms with Crippen molar-refractivity contribution in [1.29, 1.82) is 0 Å². The Hall–Kier alpha value is -8.41. The molecule has 0 radical (unpaired) electrons. The lowest BCUT2D eigenvalue weighted by Gasteiger charge is -2.27. The average Bonchev–Trinajstić information content (AvgIpc) is 1.80. The number of rotatable bonds is 48. The number of hydrogen-bond acceptors (Lipinski definition) is 13. The van der Waals surface area contributed by atoms with Crippen LogP contribution in [0.3, 0.4) is 0 Å². The molecule has 0 saturated heterocycles. The van der Waals surface area contributed by atoms with Gasteiger partial charge in [0.2, 0.25) is 47.3 Å². The summed E-state index contributed by atoms with van der Waals surface area (Å²) in [6.07, 6.45) is 29.2. The molecule has 6 atom stereocenters. The Balaban J connectivity index is 1.25. The highest BCUT2D eigenvalue weighted by atomic mass is 16.2. The van der Waals surface area contributed by atoms with Crippen LogP contribution in [0.5, 0.6) is 0 Å². The fourth-order valence-electron chi connectivity index (χ4n) is 10.0. The number of fused-ring (bicyclic) bond motifs is 1. The minimum absolute atomic E-state index is 0.0102. The molecule has 2 heterocycles. The van der Waals surface area contributed by atoms with Crippen LogP contribution in [0.1, 0.15) is 172 Å². The third kappa shape index (κ3) is 30.2. The Morgan fingerprint density at radius 1 is 0.567 bits per heavy atom. The number of hydrogen-bond donors (Lipinski definition) is 13. The first-order valence-corrected chi connectivity index (χ1v) is 32.4. The zero-order chi connectivity index (χ0) is 65.1. The van der Waals surface area contributed by atoms with Crippen LogP contribution in [0.4, 0.5) is 0 Å². The van der Waals surface area contributed by atoms with Crippen molar-refractivity contribution in [2.75, 3.05) is 26.2 Å². The van der Waals surface area contributed by atoms with Gasteiger partial charge in [0.05, 0.1) is 6.33 Å². The summed E-state index contributed by atoms with van der Waals surface area (Å²) < 4.78 is 0. The number of carbonyl (C=O) groups is 9. The number of carbonyl (C=O) groups excluding carboxylic acids is 9. The van der Waals surface area contributed by atoms with Gasteiger partial charge in [0.15, 0.2) is 0 Å². The standard InChI is InChI=1S/C66H101N15O9/c1-4-6-8-9-10-11-12-13-14-15-16-17-18-19-23-35-58(82)70-37-28-38-71-59(83)44-74-75-45-60(84)77-53(32-7-5-2)63(87)76-47(3)62(86)80-57(41-50-43-69-46-73-50)66(90)81-56(39-48-29-21-20-22-30-48)65(89)78-54(34-26-27-36-67)64(88)79-55(61(68)85)40-49-42-72-52-33-25-24-31-51(49)52/h13-14,20-22,24-25,29-31,33,42-44,46-47,53-57,72,75H,4-12,15-19,23,26-28,32,34-41,45,67H2,1-3H3,(H2,68,85)(H,69,73)(H,70,82)(H,71,83)(H,76,87)(H,77,84)(H,78,89)(H,79,88)(H,80,86)(H,81,90)/b14-13+,74-44+/t47-,53-,54-,55-,56+,57-/m0/s1. The van der Waals surface area contributed by atoms with E-state index in [-0.39, 0.29) is 44.6 Å². The van der Waals surface area contributed by atoms with Crippen LogP contribution in [-0.4, -0.2) is 137 Å². The smallest absolute Gasteiger partial charge is 0.264 e. The largest absolute Gasteiger partial charge is 0.368 e. The van der Waals surface area contributed by atoms with Gasteiger partial charge in [-0.3, -0.25) is 43.2 Å². The van der Waals surface area contributed by atoms with Gasteiger partial charge < -0.3 is 69.4 Å². The highest BCUT2D eigenvalue weighted by Gasteiger charge is 2.33. The van der Waals surface area contributed by atoms with Crippen LogP contribution < -0.4 is 59.4 Å². The number of nitrogens with one attached hydrogen (secondary N) is 11. The average molecular weight is 1250 g/mol. The van der Waals surface area contributed by atoms with Gasteiger partial charge in [0.25, 0.3) is 5.91 Å². The summed E-state index contributed by atoms with van der Waals surface area (Å²) in [7, 11) is 0. The number of aromatic nitrogens is 3. The molecule has 0 spiro atoms. The van der Waals surface area contributed by atoms with E-state index in [0.29, 0.717) is 69.4 Å². The zero-order valence-electron chi connectivity index (χ0n) is 53.1. The number of hydrazone groups is 1. The van der Waals surface area contributed by atoms with E-state index in [2.05, 4.69) is 87.1 Å². The monoisotopic (exact) mass is 1250 g/mol. The Morgan fingerprint density at radius 2 is 1.16 bits per heavy atom. The summed E-state index contributed by atoms with van der Waals surface area (Å²) in [5.41, 5.74) is 16.8. The summed E-state index contributed by atoms with van der Waals surface area (Å²) in [5.74, 6) is -5.50. The Bertz CT molecular complexity index is 2840. The number of H-pyrrole nitrogens is 2. The summed E-state index contributed by atoms with van der Waals surface area (Å²) in [6.45, 7) is 6.23. The molecule has 494 valence electrons. The summed E-state index contributed by atoms with van der Waals surface area (Å²) in [5, 5.41) is 26.6. The van der Waals surface area contributed by atoms with E-state index in [1.54, 1.807) is 36.5 Å². The second-order valence-corrected chi connectivity index (χ2v) is 22.9. The van der Waals surface area contributed by atoms with Crippen molar-refractivity contribution >= 4 is 70.3 Å². The lowest BCUT2D eigenvalue weighted by molar-refractivity contribution is -0.135. The van der Waals surface area contributed by atoms with Gasteiger partial charge in [0, 0.05) is 67.8 Å². The Labute approximate surface area is 530 Å². The minimum atomic E-state index is -1.33. The van der Waals surface area contributed by atoms with Gasteiger partial charge in [-0.25, -0.2) is 4.98 Å². The number of para-hydroxylation sites is 1. The fraction of sp³-hybridized carbons (Fsp3) is 0.561. The molecular weight excluding hydrogens is 1150 g/mol. The summed E-state index contributed by atoms with van der Waals surface area (Å²) in [4.78, 5) is 131. The number of allylic oxidation sites excluding steroid dienone is 2. The van der Waals surface area contributed by atoms with E-state index in [1.165, 1.54) is 70.8 Å². The number of amides is 9. The Kier molecular flexibility index (Phi) is 36.3. The van der Waals surface area contributed by atoms with E-state index >= 15 is 0 Å². The highest BCUT2D eigenvalue weighted by molar-refractivity contribution is 6.26. The molecule has 24 heteroatoms. The van der Waals surface area contributed by atoms with E-state index < -0.39 is 83.5 Å². The first kappa shape index (κ1) is 74.1. The fourth-order valence-corrected chi connectivity index (χ4v) is 10.0. The van der Waals surface area contributed by atoms with Gasteiger partial charge in [-0.2, -0.15) is 5.10 Å². The first-order chi connectivity index (χ1) is 43.6. The molecule has 90 heavy (non-hydrogen) atoms. The molecule has 0 fully saturated rings. The van der Waals surface area contributed by atoms with Gasteiger partial charge in [0.1, 0.15) is 49.0 Å². The minimum Gasteiger partial charge on any atom is -0.368 e. The second kappa shape index (κ2) is 44.1. The maximum atomic E-state index is 14.5. The maximum absolute atomic E-state index is 14.5. The normalized spacial score (nSPS) is 13.3. The summed E-state index contributed by atoms with van der Waals surface area (Å²) in [6, 6.07) is 9.12. The Morgan fingerprint density at radius 3 is 1.84 bits per heavy atom. The second-order valence-electron chi connectivity index (χ2n) is 22.9. The summed E-state index contributed by atoms with van der Waals surface area (Å²) >= 11 is 0. The molecule has 0 aliphatic carbocycles. The van der Waals surface area contributed by atoms with E-state index in [1.807, 2.05) is 31.2 Å². The van der Waals surface area contributed by atoms with Crippen molar-refractivity contribution < 1.29 is 43.2 Å². The van der Waals surface area contributed by atoms with Crippen LogP contribution in [0.15, 0.2) is 90.6 Å². The molecule has 15 N–H and O–H groups in total. The van der Waals surface area contributed by atoms with Crippen molar-refractivity contribution in [1.82, 2.24) is 62.9 Å². The van der Waals surface area contributed by atoms with Gasteiger partial charge in [-0.05, 0) is 94.9 Å². The predicted octanol–water partition coefficient (Wildman–Crippen LogP) is 4.89. The number of aromatic amines is 2. The van der Waals surface area contributed by atoms with Crippen molar-refractivity contribution in [2.24, 2.45) is 16.6 Å². The molecule has 0 aliphatic rings. The number of imidazole rings is 1. The molecule has 0 bridgehead atoms. The van der Waals surface area contributed by atoms with Gasteiger partial charge in [-0.1, -0.05) is 139 Å². The number of nitrogens with two attached hydrogens (primary N) is 2. The molecule has 0 unspecified atom stereocenters. The SMILES string of the molecule is CCCCCCCC/C=C/CCCCCCCC(=O)NCCCNC(=O)/C=N/NCC(=O)N[C@@H](CCCC)C(=O)N[C@@H](C)C(=O)N[C@@H](Cc1cnc[nH]1)C(=O)N[C@H](Cc1ccccc1)C(=O)N[C@@H](CCCCN)C(=O)N[C@@H](Cc1c[nH]c2ccccc12)C(N)=O. The van der Waals surface area contributed by atoms with Crippen LogP contribution in [0.25, 0.3) is 10.9 Å². The van der Waals surface area contributed by atoms with Crippen molar-refractivity contribution in [3.8, 4) is 0 Å². The van der Waals surface area contributed by atoms with Crippen LogP contribution >= 0.6 is 0 Å². The molecule has 4 rings (SSSR count). The molecule has 2 aromatic heterocycles. The number of nitrogens with zero attached hydrogens (tertiary/aromatic N) is 2. The van der Waals surface area contributed by atoms with Gasteiger partial charge in [-0.15, -0.1) is 0 Å².